The molecule has 1 atom stereocenters. The van der Waals surface area contributed by atoms with Crippen LogP contribution in [-0.2, 0) is 25.8 Å². The van der Waals surface area contributed by atoms with Crippen molar-refractivity contribution >= 4 is 18.1 Å². The van der Waals surface area contributed by atoms with Gasteiger partial charge in [-0.3, -0.25) is 19.2 Å². The number of alkyl halides is 3. The minimum absolute atomic E-state index is 0.0363. The zero-order chi connectivity index (χ0) is 20.0. The minimum atomic E-state index is -4.78. The van der Waals surface area contributed by atoms with Crippen molar-refractivity contribution < 1.29 is 32.4 Å². The molecular weight excluding hydrogens is 353 g/mol. The van der Waals surface area contributed by atoms with Gasteiger partial charge in [0.25, 0.3) is 5.91 Å². The standard InChI is InChI=1S/C17H21F3N2O4/c1-16(2,3)26-22(11-23)13(9-17(18,19)20)14(24)15(25)21-10-12-7-5-4-6-8-12/h4-8,11,13H,9-10H2,1-3H3,(H,21,25)/t13-/m0/s1. The molecule has 9 heteroatoms. The summed E-state index contributed by atoms with van der Waals surface area (Å²) >= 11 is 0. The average molecular weight is 374 g/mol. The fraction of sp³-hybridized carbons (Fsp3) is 0.471. The molecule has 26 heavy (non-hydrogen) atoms. The maximum absolute atomic E-state index is 12.8. The van der Waals surface area contributed by atoms with E-state index in [1.807, 2.05) is 0 Å². The van der Waals surface area contributed by atoms with Gasteiger partial charge in [-0.05, 0) is 26.3 Å². The van der Waals surface area contributed by atoms with Crippen molar-refractivity contribution in [2.45, 2.75) is 51.6 Å². The zero-order valence-electron chi connectivity index (χ0n) is 14.7. The zero-order valence-corrected chi connectivity index (χ0v) is 14.7. The first kappa shape index (κ1) is 21.6. The van der Waals surface area contributed by atoms with Crippen molar-refractivity contribution in [2.75, 3.05) is 0 Å². The molecule has 144 valence electrons. The lowest BCUT2D eigenvalue weighted by Gasteiger charge is -2.32. The Balaban J connectivity index is 2.91. The quantitative estimate of drug-likeness (QED) is 0.431. The summed E-state index contributed by atoms with van der Waals surface area (Å²) < 4.78 is 38.5. The monoisotopic (exact) mass is 374 g/mol. The Morgan fingerprint density at radius 3 is 2.23 bits per heavy atom. The van der Waals surface area contributed by atoms with Gasteiger partial charge >= 0.3 is 6.18 Å². The van der Waals surface area contributed by atoms with Gasteiger partial charge < -0.3 is 5.32 Å². The molecule has 0 aliphatic rings. The van der Waals surface area contributed by atoms with E-state index in [4.69, 9.17) is 4.84 Å². The van der Waals surface area contributed by atoms with Crippen LogP contribution in [0.5, 0.6) is 0 Å². The molecule has 1 rings (SSSR count). The predicted octanol–water partition coefficient (Wildman–Crippen LogP) is 2.38. The number of carbonyl (C=O) groups excluding carboxylic acids is 3. The van der Waals surface area contributed by atoms with Crippen molar-refractivity contribution in [1.82, 2.24) is 10.4 Å². The number of hydrogen-bond donors (Lipinski definition) is 1. The van der Waals surface area contributed by atoms with Crippen molar-refractivity contribution in [3.05, 3.63) is 35.9 Å². The van der Waals surface area contributed by atoms with Gasteiger partial charge in [-0.25, -0.2) is 5.06 Å². The molecule has 0 aliphatic carbocycles. The fourth-order valence-electron chi connectivity index (χ4n) is 2.01. The van der Waals surface area contributed by atoms with Crippen LogP contribution < -0.4 is 5.32 Å². The van der Waals surface area contributed by atoms with Crippen LogP contribution in [-0.4, -0.2) is 41.0 Å². The topological polar surface area (TPSA) is 75.7 Å². The molecule has 0 spiro atoms. The summed E-state index contributed by atoms with van der Waals surface area (Å²) in [7, 11) is 0. The molecule has 0 saturated heterocycles. The van der Waals surface area contributed by atoms with Gasteiger partial charge in [-0.15, -0.1) is 0 Å². The van der Waals surface area contributed by atoms with Crippen LogP contribution in [0.1, 0.15) is 32.8 Å². The second-order valence-electron chi connectivity index (χ2n) is 6.54. The van der Waals surface area contributed by atoms with E-state index in [1.165, 1.54) is 20.8 Å². The molecule has 6 nitrogen and oxygen atoms in total. The minimum Gasteiger partial charge on any atom is -0.345 e. The van der Waals surface area contributed by atoms with Crippen LogP contribution in [0, 0.1) is 0 Å². The Morgan fingerprint density at radius 1 is 1.19 bits per heavy atom. The molecule has 0 bridgehead atoms. The summed E-state index contributed by atoms with van der Waals surface area (Å²) in [6, 6.07) is 6.42. The van der Waals surface area contributed by atoms with E-state index in [9.17, 15) is 27.6 Å². The van der Waals surface area contributed by atoms with Crippen LogP contribution >= 0.6 is 0 Å². The molecule has 0 radical (unpaired) electrons. The van der Waals surface area contributed by atoms with E-state index in [1.54, 1.807) is 30.3 Å². The molecule has 0 heterocycles. The van der Waals surface area contributed by atoms with Crippen molar-refractivity contribution in [1.29, 1.82) is 0 Å². The fourth-order valence-corrected chi connectivity index (χ4v) is 2.01. The van der Waals surface area contributed by atoms with Crippen LogP contribution in [0.3, 0.4) is 0 Å². The normalized spacial score (nSPS) is 13.0. The Bertz CT molecular complexity index is 627. The molecule has 0 saturated carbocycles. The third-order valence-corrected chi connectivity index (χ3v) is 3.04. The Morgan fingerprint density at radius 2 is 1.77 bits per heavy atom. The summed E-state index contributed by atoms with van der Waals surface area (Å²) in [6.45, 7) is 4.45. The summed E-state index contributed by atoms with van der Waals surface area (Å²) in [5.74, 6) is -2.64. The van der Waals surface area contributed by atoms with E-state index >= 15 is 0 Å². The number of nitrogens with zero attached hydrogens (tertiary/aromatic N) is 1. The Labute approximate surface area is 149 Å². The maximum atomic E-state index is 12.8. The number of hydrogen-bond acceptors (Lipinski definition) is 4. The van der Waals surface area contributed by atoms with Gasteiger partial charge in [0, 0.05) is 6.54 Å². The largest absolute Gasteiger partial charge is 0.391 e. The number of halogens is 3. The molecule has 2 amide bonds. The summed E-state index contributed by atoms with van der Waals surface area (Å²) in [5.41, 5.74) is -0.370. The maximum Gasteiger partial charge on any atom is 0.391 e. The van der Waals surface area contributed by atoms with Gasteiger partial charge in [-0.2, -0.15) is 13.2 Å². The molecule has 1 N–H and O–H groups in total. The number of Topliss-reactive ketones (excluding diaryl/α,β-unsaturated/α-hetero) is 1. The highest BCUT2D eigenvalue weighted by molar-refractivity contribution is 6.38. The van der Waals surface area contributed by atoms with Crippen LogP contribution in [0.15, 0.2) is 30.3 Å². The molecule has 1 aromatic carbocycles. The van der Waals surface area contributed by atoms with Gasteiger partial charge in [0.2, 0.25) is 12.2 Å². The number of nitrogens with one attached hydrogen (secondary N) is 1. The van der Waals surface area contributed by atoms with Crippen LogP contribution in [0.4, 0.5) is 13.2 Å². The van der Waals surface area contributed by atoms with Gasteiger partial charge in [0.05, 0.1) is 12.0 Å². The first-order valence-corrected chi connectivity index (χ1v) is 7.78. The second kappa shape index (κ2) is 8.79. The third-order valence-electron chi connectivity index (χ3n) is 3.04. The first-order valence-electron chi connectivity index (χ1n) is 7.78. The lowest BCUT2D eigenvalue weighted by Crippen LogP contribution is -2.51. The van der Waals surface area contributed by atoms with E-state index in [2.05, 4.69) is 5.32 Å². The van der Waals surface area contributed by atoms with Crippen molar-refractivity contribution in [3.63, 3.8) is 0 Å². The number of benzene rings is 1. The highest BCUT2D eigenvalue weighted by Crippen LogP contribution is 2.26. The Hall–Kier alpha value is -2.42. The summed E-state index contributed by atoms with van der Waals surface area (Å²) in [6.07, 6.45) is -6.51. The summed E-state index contributed by atoms with van der Waals surface area (Å²) in [5, 5.41) is 2.50. The molecule has 0 aliphatic heterocycles. The van der Waals surface area contributed by atoms with Crippen molar-refractivity contribution in [3.8, 4) is 0 Å². The molecule has 1 aromatic rings. The number of carbonyl (C=O) groups is 3. The lowest BCUT2D eigenvalue weighted by molar-refractivity contribution is -0.244. The number of rotatable bonds is 8. The summed E-state index contributed by atoms with van der Waals surface area (Å²) in [4.78, 5) is 40.5. The molecule has 0 fully saturated rings. The predicted molar refractivity (Wildman–Crippen MR) is 86.5 cm³/mol. The third kappa shape index (κ3) is 7.64. The van der Waals surface area contributed by atoms with Crippen LogP contribution in [0.25, 0.3) is 0 Å². The average Bonchev–Trinajstić information content (AvgIpc) is 2.54. The van der Waals surface area contributed by atoms with E-state index in [0.717, 1.165) is 0 Å². The number of amides is 2. The Kier molecular flexibility index (Phi) is 7.31. The first-order chi connectivity index (χ1) is 11.9. The molecular formula is C17H21F3N2O4. The van der Waals surface area contributed by atoms with Gasteiger partial charge in [0.15, 0.2) is 0 Å². The van der Waals surface area contributed by atoms with Crippen LogP contribution in [0.2, 0.25) is 0 Å². The highest BCUT2D eigenvalue weighted by atomic mass is 19.4. The van der Waals surface area contributed by atoms with Gasteiger partial charge in [0.1, 0.15) is 6.04 Å². The molecule has 0 aromatic heterocycles. The molecule has 0 unspecified atom stereocenters. The number of ketones is 1. The van der Waals surface area contributed by atoms with E-state index in [-0.39, 0.29) is 18.0 Å². The van der Waals surface area contributed by atoms with E-state index in [0.29, 0.717) is 5.56 Å². The number of hydroxylamine groups is 2. The van der Waals surface area contributed by atoms with E-state index < -0.39 is 35.9 Å². The van der Waals surface area contributed by atoms with Gasteiger partial charge in [-0.1, -0.05) is 30.3 Å². The SMILES string of the molecule is CC(C)(C)ON(C=O)[C@@H](CC(F)(F)F)C(=O)C(=O)NCc1ccccc1. The second-order valence-corrected chi connectivity index (χ2v) is 6.54. The smallest absolute Gasteiger partial charge is 0.345 e. The lowest BCUT2D eigenvalue weighted by atomic mass is 10.1. The highest BCUT2D eigenvalue weighted by Gasteiger charge is 2.42. The van der Waals surface area contributed by atoms with Crippen molar-refractivity contribution in [2.24, 2.45) is 0 Å².